The van der Waals surface area contributed by atoms with Gasteiger partial charge >= 0.3 is 11.9 Å². The highest BCUT2D eigenvalue weighted by Gasteiger charge is 2.15. The van der Waals surface area contributed by atoms with Crippen LogP contribution >= 0.6 is 11.6 Å². The number of rotatable bonds is 31. The Kier molecular flexibility index (Phi) is 34.1. The van der Waals surface area contributed by atoms with E-state index in [9.17, 15) is 14.7 Å². The van der Waals surface area contributed by atoms with Gasteiger partial charge in [0.2, 0.25) is 0 Å². The van der Waals surface area contributed by atoms with Gasteiger partial charge in [-0.3, -0.25) is 0 Å². The lowest BCUT2D eigenvalue weighted by atomic mass is 9.92. The Bertz CT molecular complexity index is 759. The molecule has 1 unspecified atom stereocenters. The molecule has 0 rings (SSSR count). The van der Waals surface area contributed by atoms with E-state index in [2.05, 4.69) is 20.8 Å². The SMILES string of the molecule is C/C(=C\CC(C)(O)Cl)C(=O)O.CCCCCCCCCCC(CCCCCCCCCC)=C(CCCCCCCCCC)C(=O)O. The molecule has 3 N–H and O–H groups in total. The van der Waals surface area contributed by atoms with Crippen LogP contribution < -0.4 is 0 Å². The fraction of sp³-hybridized carbons (Fsp3) is 0.850. The molecular formula is C40H75ClO5. The molecule has 0 aliphatic rings. The van der Waals surface area contributed by atoms with E-state index >= 15 is 0 Å². The van der Waals surface area contributed by atoms with Crippen LogP contribution in [0.25, 0.3) is 0 Å². The number of alkyl halides is 1. The van der Waals surface area contributed by atoms with Crippen LogP contribution in [0.1, 0.15) is 214 Å². The summed E-state index contributed by atoms with van der Waals surface area (Å²) in [4.78, 5) is 22.4. The second-order valence-corrected chi connectivity index (χ2v) is 14.4. The van der Waals surface area contributed by atoms with Crippen LogP contribution in [-0.2, 0) is 9.59 Å². The zero-order valence-corrected chi connectivity index (χ0v) is 31.7. The molecule has 272 valence electrons. The first-order valence-electron chi connectivity index (χ1n) is 19.3. The van der Waals surface area contributed by atoms with Crippen molar-refractivity contribution in [3.63, 3.8) is 0 Å². The summed E-state index contributed by atoms with van der Waals surface area (Å²) < 4.78 is 0. The van der Waals surface area contributed by atoms with E-state index in [-0.39, 0.29) is 12.0 Å². The predicted molar refractivity (Wildman–Crippen MR) is 199 cm³/mol. The van der Waals surface area contributed by atoms with Gasteiger partial charge in [-0.05, 0) is 52.4 Å². The number of halogens is 1. The highest BCUT2D eigenvalue weighted by atomic mass is 35.5. The molecule has 0 aromatic heterocycles. The number of aliphatic carboxylic acids is 2. The van der Waals surface area contributed by atoms with Gasteiger partial charge in [0.15, 0.2) is 0 Å². The molecule has 0 radical (unpaired) electrons. The van der Waals surface area contributed by atoms with Crippen molar-refractivity contribution in [2.45, 2.75) is 219 Å². The molecule has 0 aliphatic heterocycles. The van der Waals surface area contributed by atoms with Gasteiger partial charge < -0.3 is 15.3 Å². The van der Waals surface area contributed by atoms with E-state index in [1.54, 1.807) is 0 Å². The van der Waals surface area contributed by atoms with Crippen molar-refractivity contribution < 1.29 is 24.9 Å². The molecule has 0 aliphatic carbocycles. The van der Waals surface area contributed by atoms with Crippen LogP contribution in [0.2, 0.25) is 0 Å². The Morgan fingerprint density at radius 3 is 1.13 bits per heavy atom. The summed E-state index contributed by atoms with van der Waals surface area (Å²) in [6, 6.07) is 0. The summed E-state index contributed by atoms with van der Waals surface area (Å²) in [5.74, 6) is -1.63. The summed E-state index contributed by atoms with van der Waals surface area (Å²) in [6.45, 7) is 9.66. The average Bonchev–Trinajstić information content (AvgIpc) is 3.00. The number of carboxylic acid groups (broad SMARTS) is 2. The number of carbonyl (C=O) groups is 2. The first-order valence-corrected chi connectivity index (χ1v) is 19.6. The molecule has 5 nitrogen and oxygen atoms in total. The summed E-state index contributed by atoms with van der Waals surface area (Å²) >= 11 is 5.40. The first-order chi connectivity index (χ1) is 22.0. The molecule has 0 heterocycles. The van der Waals surface area contributed by atoms with E-state index in [1.165, 1.54) is 173 Å². The van der Waals surface area contributed by atoms with Crippen LogP contribution in [0, 0.1) is 0 Å². The summed E-state index contributed by atoms with van der Waals surface area (Å²) in [7, 11) is 0. The monoisotopic (exact) mass is 671 g/mol. The van der Waals surface area contributed by atoms with Gasteiger partial charge in [0.05, 0.1) is 0 Å². The fourth-order valence-electron chi connectivity index (χ4n) is 5.67. The molecular weight excluding hydrogens is 596 g/mol. The second kappa shape index (κ2) is 33.6. The quantitative estimate of drug-likeness (QED) is 0.0387. The van der Waals surface area contributed by atoms with Crippen molar-refractivity contribution in [1.82, 2.24) is 0 Å². The van der Waals surface area contributed by atoms with Gasteiger partial charge in [-0.2, -0.15) is 0 Å². The maximum Gasteiger partial charge on any atom is 0.331 e. The Morgan fingerprint density at radius 2 is 0.848 bits per heavy atom. The van der Waals surface area contributed by atoms with Gasteiger partial charge in [0, 0.05) is 17.6 Å². The maximum absolute atomic E-state index is 12.2. The number of unbranched alkanes of at least 4 members (excludes halogenated alkanes) is 21. The molecule has 0 bridgehead atoms. The van der Waals surface area contributed by atoms with E-state index in [0.29, 0.717) is 0 Å². The molecule has 1 atom stereocenters. The maximum atomic E-state index is 12.2. The predicted octanol–water partition coefficient (Wildman–Crippen LogP) is 13.3. The average molecular weight is 671 g/mol. The Morgan fingerprint density at radius 1 is 0.543 bits per heavy atom. The van der Waals surface area contributed by atoms with Crippen LogP contribution in [0.15, 0.2) is 22.8 Å². The van der Waals surface area contributed by atoms with Crippen LogP contribution in [0.5, 0.6) is 0 Å². The second-order valence-electron chi connectivity index (χ2n) is 13.6. The third-order valence-corrected chi connectivity index (χ3v) is 8.90. The van der Waals surface area contributed by atoms with Crippen molar-refractivity contribution in [3.8, 4) is 0 Å². The lowest BCUT2D eigenvalue weighted by molar-refractivity contribution is -0.133. The smallest absolute Gasteiger partial charge is 0.331 e. The van der Waals surface area contributed by atoms with E-state index in [0.717, 1.165) is 31.3 Å². The highest BCUT2D eigenvalue weighted by Crippen LogP contribution is 2.26. The van der Waals surface area contributed by atoms with Crippen molar-refractivity contribution in [3.05, 3.63) is 22.8 Å². The number of hydrogen-bond donors (Lipinski definition) is 3. The Hall–Kier alpha value is -1.33. The number of aliphatic hydroxyl groups is 1. The molecule has 6 heteroatoms. The van der Waals surface area contributed by atoms with Crippen LogP contribution in [0.3, 0.4) is 0 Å². The molecule has 0 saturated carbocycles. The van der Waals surface area contributed by atoms with Crippen LogP contribution in [-0.4, -0.2) is 32.3 Å². The van der Waals surface area contributed by atoms with Crippen molar-refractivity contribution in [2.24, 2.45) is 0 Å². The number of hydrogen-bond acceptors (Lipinski definition) is 3. The van der Waals surface area contributed by atoms with Gasteiger partial charge in [-0.25, -0.2) is 9.59 Å². The fourth-order valence-corrected chi connectivity index (χ4v) is 5.75. The molecule has 0 spiro atoms. The lowest BCUT2D eigenvalue weighted by Gasteiger charge is -2.14. The minimum Gasteiger partial charge on any atom is -0.478 e. The van der Waals surface area contributed by atoms with Gasteiger partial charge in [0.25, 0.3) is 0 Å². The Labute approximate surface area is 290 Å². The molecule has 0 fully saturated rings. The standard InChI is InChI=1S/C33H64O2.C7H11ClO3/c1-4-7-10-13-16-19-22-25-28-31(29-26-23-20-17-14-11-8-5-2)32(33(34)35)30-27-24-21-18-15-12-9-6-3;1-5(6(9)10)3-4-7(2,8)11/h4-30H2,1-3H3,(H,34,35);3,11H,4H2,1-2H3,(H,9,10)/b;5-3+. The molecule has 0 saturated heterocycles. The summed E-state index contributed by atoms with van der Waals surface area (Å²) in [6.07, 6.45) is 35.6. The van der Waals surface area contributed by atoms with E-state index in [4.69, 9.17) is 21.8 Å². The Balaban J connectivity index is 0. The minimum absolute atomic E-state index is 0.132. The van der Waals surface area contributed by atoms with Crippen molar-refractivity contribution >= 4 is 23.5 Å². The van der Waals surface area contributed by atoms with E-state index < -0.39 is 17.0 Å². The first kappa shape index (κ1) is 46.8. The van der Waals surface area contributed by atoms with Gasteiger partial charge in [-0.1, -0.05) is 179 Å². The van der Waals surface area contributed by atoms with Crippen LogP contribution in [0.4, 0.5) is 0 Å². The molecule has 0 aromatic rings. The normalized spacial score (nSPS) is 12.7. The van der Waals surface area contributed by atoms with Crippen molar-refractivity contribution in [2.75, 3.05) is 0 Å². The zero-order valence-electron chi connectivity index (χ0n) is 30.9. The largest absolute Gasteiger partial charge is 0.478 e. The summed E-state index contributed by atoms with van der Waals surface area (Å²) in [5.41, 5.74) is 2.25. The number of carboxylic acids is 2. The molecule has 0 aromatic carbocycles. The summed E-state index contributed by atoms with van der Waals surface area (Å²) in [5, 5.41) is 26.0. The zero-order chi connectivity index (χ0) is 34.9. The third kappa shape index (κ3) is 34.0. The van der Waals surface area contributed by atoms with E-state index in [1.807, 2.05) is 0 Å². The van der Waals surface area contributed by atoms with Crippen molar-refractivity contribution in [1.29, 1.82) is 0 Å². The third-order valence-electron chi connectivity index (χ3n) is 8.75. The lowest BCUT2D eigenvalue weighted by Crippen LogP contribution is -2.13. The molecule has 0 amide bonds. The topological polar surface area (TPSA) is 94.8 Å². The highest BCUT2D eigenvalue weighted by molar-refractivity contribution is 6.22. The van der Waals surface area contributed by atoms with Gasteiger partial charge in [-0.15, -0.1) is 0 Å². The number of allylic oxidation sites excluding steroid dienone is 1. The van der Waals surface area contributed by atoms with Gasteiger partial charge in [0.1, 0.15) is 5.06 Å². The minimum atomic E-state index is -1.35. The molecule has 46 heavy (non-hydrogen) atoms.